The third-order valence-corrected chi connectivity index (χ3v) is 3.46. The molecule has 2 aromatic rings. The summed E-state index contributed by atoms with van der Waals surface area (Å²) in [6.45, 7) is 1.38. The largest absolute Gasteiger partial charge is 0.480 e. The highest BCUT2D eigenvalue weighted by Crippen LogP contribution is 2.28. The number of halogens is 1. The second-order valence-electron chi connectivity index (χ2n) is 3.79. The Labute approximate surface area is 117 Å². The van der Waals surface area contributed by atoms with E-state index in [1.807, 2.05) is 0 Å². The second-order valence-corrected chi connectivity index (χ2v) is 5.26. The van der Waals surface area contributed by atoms with Gasteiger partial charge in [-0.1, -0.05) is 22.9 Å². The number of hydrogen-bond acceptors (Lipinski definition) is 4. The van der Waals surface area contributed by atoms with E-state index in [0.29, 0.717) is 10.2 Å². The number of aromatic nitrogens is 1. The van der Waals surface area contributed by atoms with Gasteiger partial charge in [-0.25, -0.2) is 9.78 Å². The molecule has 0 radical (unpaired) electrons. The van der Waals surface area contributed by atoms with Crippen molar-refractivity contribution in [3.05, 3.63) is 23.2 Å². The minimum Gasteiger partial charge on any atom is -0.480 e. The molecule has 0 aliphatic rings. The van der Waals surface area contributed by atoms with E-state index in [9.17, 15) is 9.59 Å². The quantitative estimate of drug-likeness (QED) is 0.812. The van der Waals surface area contributed by atoms with Gasteiger partial charge < -0.3 is 10.4 Å². The summed E-state index contributed by atoms with van der Waals surface area (Å²) >= 11 is 7.11. The smallest absolute Gasteiger partial charge is 0.325 e. The standard InChI is InChI=1S/C11H10ClN3O3S/c1-5(9(16)17)13-10(18)15-11-14-7-3-2-6(12)4-8(7)19-11/h2-5H,1H3,(H,16,17)(H2,13,14,15,18). The van der Waals surface area contributed by atoms with Gasteiger partial charge in [-0.15, -0.1) is 0 Å². The predicted molar refractivity (Wildman–Crippen MR) is 73.9 cm³/mol. The molecule has 0 spiro atoms. The maximum atomic E-state index is 11.5. The first-order valence-electron chi connectivity index (χ1n) is 5.32. The molecule has 0 aliphatic heterocycles. The third-order valence-electron chi connectivity index (χ3n) is 2.29. The molecule has 19 heavy (non-hydrogen) atoms. The lowest BCUT2D eigenvalue weighted by molar-refractivity contribution is -0.138. The number of nitrogens with one attached hydrogen (secondary N) is 2. The van der Waals surface area contributed by atoms with Crippen molar-refractivity contribution in [3.63, 3.8) is 0 Å². The lowest BCUT2D eigenvalue weighted by atomic mass is 10.3. The number of carbonyl (C=O) groups is 2. The highest BCUT2D eigenvalue weighted by atomic mass is 35.5. The average molecular weight is 300 g/mol. The van der Waals surface area contributed by atoms with Crippen molar-refractivity contribution < 1.29 is 14.7 Å². The van der Waals surface area contributed by atoms with E-state index < -0.39 is 18.0 Å². The van der Waals surface area contributed by atoms with E-state index >= 15 is 0 Å². The Hall–Kier alpha value is -1.86. The Balaban J connectivity index is 2.09. The molecule has 0 saturated heterocycles. The molecule has 0 bridgehead atoms. The van der Waals surface area contributed by atoms with Crippen LogP contribution in [0.15, 0.2) is 18.2 Å². The van der Waals surface area contributed by atoms with E-state index in [-0.39, 0.29) is 0 Å². The summed E-state index contributed by atoms with van der Waals surface area (Å²) in [7, 11) is 0. The van der Waals surface area contributed by atoms with Crippen molar-refractivity contribution in [1.82, 2.24) is 10.3 Å². The summed E-state index contributed by atoms with van der Waals surface area (Å²) in [5.41, 5.74) is 0.719. The molecule has 1 atom stereocenters. The first-order valence-corrected chi connectivity index (χ1v) is 6.51. The zero-order chi connectivity index (χ0) is 14.0. The van der Waals surface area contributed by atoms with Crippen LogP contribution in [0.3, 0.4) is 0 Å². The highest BCUT2D eigenvalue weighted by molar-refractivity contribution is 7.22. The molecular formula is C11H10ClN3O3S. The summed E-state index contributed by atoms with van der Waals surface area (Å²) in [6.07, 6.45) is 0. The Kier molecular flexibility index (Phi) is 3.87. The lowest BCUT2D eigenvalue weighted by Crippen LogP contribution is -2.40. The van der Waals surface area contributed by atoms with Crippen molar-refractivity contribution in [3.8, 4) is 0 Å². The molecule has 6 nitrogen and oxygen atoms in total. The fourth-order valence-corrected chi connectivity index (χ4v) is 2.48. The molecular weight excluding hydrogens is 290 g/mol. The number of aliphatic carboxylic acids is 1. The van der Waals surface area contributed by atoms with Gasteiger partial charge >= 0.3 is 12.0 Å². The lowest BCUT2D eigenvalue weighted by Gasteiger charge is -2.08. The summed E-state index contributed by atoms with van der Waals surface area (Å²) < 4.78 is 0.842. The Morgan fingerprint density at radius 3 is 2.89 bits per heavy atom. The van der Waals surface area contributed by atoms with Gasteiger partial charge in [0.25, 0.3) is 0 Å². The Morgan fingerprint density at radius 1 is 1.47 bits per heavy atom. The van der Waals surface area contributed by atoms with Crippen LogP contribution in [0.5, 0.6) is 0 Å². The number of anilines is 1. The normalized spacial score (nSPS) is 12.1. The van der Waals surface area contributed by atoms with Crippen LogP contribution in [0, 0.1) is 0 Å². The molecule has 0 fully saturated rings. The van der Waals surface area contributed by atoms with Crippen LogP contribution in [0.4, 0.5) is 9.93 Å². The predicted octanol–water partition coefficient (Wildman–Crippen LogP) is 2.54. The molecule has 2 amide bonds. The fraction of sp³-hybridized carbons (Fsp3) is 0.182. The van der Waals surface area contributed by atoms with E-state index in [1.165, 1.54) is 18.3 Å². The van der Waals surface area contributed by atoms with Gasteiger partial charge in [0.2, 0.25) is 0 Å². The van der Waals surface area contributed by atoms with Gasteiger partial charge in [0, 0.05) is 5.02 Å². The summed E-state index contributed by atoms with van der Waals surface area (Å²) in [6, 6.07) is 3.62. The van der Waals surface area contributed by atoms with E-state index in [2.05, 4.69) is 15.6 Å². The zero-order valence-electron chi connectivity index (χ0n) is 9.81. The monoisotopic (exact) mass is 299 g/mol. The number of thiazole rings is 1. The van der Waals surface area contributed by atoms with Crippen LogP contribution in [0.1, 0.15) is 6.92 Å². The number of fused-ring (bicyclic) bond motifs is 1. The zero-order valence-corrected chi connectivity index (χ0v) is 11.4. The molecule has 2 rings (SSSR count). The van der Waals surface area contributed by atoms with Gasteiger partial charge in [0.1, 0.15) is 6.04 Å². The minimum atomic E-state index is -1.11. The number of hydrogen-bond donors (Lipinski definition) is 3. The molecule has 100 valence electrons. The van der Waals surface area contributed by atoms with Gasteiger partial charge in [-0.2, -0.15) is 0 Å². The maximum Gasteiger partial charge on any atom is 0.325 e. The van der Waals surface area contributed by atoms with Crippen LogP contribution >= 0.6 is 22.9 Å². The van der Waals surface area contributed by atoms with Crippen LogP contribution in [0.2, 0.25) is 5.02 Å². The molecule has 3 N–H and O–H groups in total. The molecule has 0 saturated carbocycles. The van der Waals surface area contributed by atoms with Crippen LogP contribution in [0.25, 0.3) is 10.2 Å². The van der Waals surface area contributed by atoms with Gasteiger partial charge in [0.05, 0.1) is 10.2 Å². The van der Waals surface area contributed by atoms with Crippen LogP contribution in [-0.2, 0) is 4.79 Å². The molecule has 1 aromatic heterocycles. The summed E-state index contributed by atoms with van der Waals surface area (Å²) in [5.74, 6) is -1.11. The van der Waals surface area contributed by atoms with Crippen molar-refractivity contribution in [2.45, 2.75) is 13.0 Å². The second kappa shape index (κ2) is 5.41. The number of urea groups is 1. The van der Waals surface area contributed by atoms with E-state index in [1.54, 1.807) is 18.2 Å². The number of carbonyl (C=O) groups excluding carboxylic acids is 1. The molecule has 0 aliphatic carbocycles. The highest BCUT2D eigenvalue weighted by Gasteiger charge is 2.15. The summed E-state index contributed by atoms with van der Waals surface area (Å²) in [5, 5.41) is 14.4. The van der Waals surface area contributed by atoms with Gasteiger partial charge in [0.15, 0.2) is 5.13 Å². The molecule has 1 heterocycles. The number of benzene rings is 1. The number of rotatable bonds is 3. The Bertz CT molecular complexity index is 643. The van der Waals surface area contributed by atoms with E-state index in [0.717, 1.165) is 10.2 Å². The SMILES string of the molecule is CC(NC(=O)Nc1nc2ccc(Cl)cc2s1)C(=O)O. The van der Waals surface area contributed by atoms with Crippen molar-refractivity contribution in [2.24, 2.45) is 0 Å². The molecule has 1 aromatic carbocycles. The van der Waals surface area contributed by atoms with Crippen LogP contribution in [-0.4, -0.2) is 28.1 Å². The van der Waals surface area contributed by atoms with Gasteiger partial charge in [-0.3, -0.25) is 10.1 Å². The van der Waals surface area contributed by atoms with Gasteiger partial charge in [-0.05, 0) is 25.1 Å². The summed E-state index contributed by atoms with van der Waals surface area (Å²) in [4.78, 5) is 26.3. The average Bonchev–Trinajstić information content (AvgIpc) is 2.69. The first kappa shape index (κ1) is 13.6. The van der Waals surface area contributed by atoms with Crippen molar-refractivity contribution in [2.75, 3.05) is 5.32 Å². The molecule has 1 unspecified atom stereocenters. The number of carboxylic acids is 1. The van der Waals surface area contributed by atoms with Crippen LogP contribution < -0.4 is 10.6 Å². The number of nitrogens with zero attached hydrogens (tertiary/aromatic N) is 1. The van der Waals surface area contributed by atoms with Crippen molar-refractivity contribution in [1.29, 1.82) is 0 Å². The maximum absolute atomic E-state index is 11.5. The topological polar surface area (TPSA) is 91.3 Å². The number of carboxylic acid groups (broad SMARTS) is 1. The third kappa shape index (κ3) is 3.33. The first-order chi connectivity index (χ1) is 8.95. The van der Waals surface area contributed by atoms with Crippen molar-refractivity contribution >= 4 is 50.3 Å². The minimum absolute atomic E-state index is 0.382. The Morgan fingerprint density at radius 2 is 2.21 bits per heavy atom. The number of amides is 2. The van der Waals surface area contributed by atoms with E-state index in [4.69, 9.17) is 16.7 Å². The fourth-order valence-electron chi connectivity index (χ4n) is 1.34. The molecule has 8 heteroatoms.